The highest BCUT2D eigenvalue weighted by Gasteiger charge is 2.11. The second-order valence-electron chi connectivity index (χ2n) is 4.23. The van der Waals surface area contributed by atoms with Gasteiger partial charge in [-0.05, 0) is 19.0 Å². The molecule has 0 heterocycles. The molecule has 0 aliphatic rings. The molecule has 0 saturated heterocycles. The van der Waals surface area contributed by atoms with Crippen LogP contribution < -0.4 is 10.0 Å². The van der Waals surface area contributed by atoms with E-state index in [0.29, 0.717) is 6.54 Å². The third kappa shape index (κ3) is 5.16. The van der Waals surface area contributed by atoms with Crippen LogP contribution in [0.5, 0.6) is 0 Å². The highest BCUT2D eigenvalue weighted by atomic mass is 32.2. The van der Waals surface area contributed by atoms with Crippen molar-refractivity contribution in [2.75, 3.05) is 19.3 Å². The van der Waals surface area contributed by atoms with Gasteiger partial charge in [0, 0.05) is 12.6 Å². The minimum absolute atomic E-state index is 0.108. The average Bonchev–Trinajstić information content (AvgIpc) is 2.39. The Hall–Kier alpha value is -0.910. The van der Waals surface area contributed by atoms with E-state index in [0.717, 1.165) is 12.8 Å². The fraction of sp³-hybridized carbons (Fsp3) is 0.538. The second kappa shape index (κ2) is 7.51. The molecule has 18 heavy (non-hydrogen) atoms. The van der Waals surface area contributed by atoms with Crippen LogP contribution in [0.4, 0.5) is 0 Å². The predicted molar refractivity (Wildman–Crippen MR) is 74.9 cm³/mol. The number of sulfonamides is 1. The van der Waals surface area contributed by atoms with Crippen LogP contribution in [0.25, 0.3) is 0 Å². The first kappa shape index (κ1) is 15.1. The van der Waals surface area contributed by atoms with Gasteiger partial charge in [-0.3, -0.25) is 0 Å². The van der Waals surface area contributed by atoms with E-state index in [4.69, 9.17) is 0 Å². The predicted octanol–water partition coefficient (Wildman–Crippen LogP) is 1.67. The van der Waals surface area contributed by atoms with Crippen molar-refractivity contribution in [3.63, 3.8) is 0 Å². The van der Waals surface area contributed by atoms with Gasteiger partial charge in [-0.1, -0.05) is 43.7 Å². The lowest BCUT2D eigenvalue weighted by atomic mass is 10.0. The summed E-state index contributed by atoms with van der Waals surface area (Å²) in [5.74, 6) is 0.108. The van der Waals surface area contributed by atoms with Crippen LogP contribution in [0.2, 0.25) is 0 Å². The monoisotopic (exact) mass is 270 g/mol. The largest absolute Gasteiger partial charge is 0.309 e. The quantitative estimate of drug-likeness (QED) is 0.755. The van der Waals surface area contributed by atoms with Crippen LogP contribution in [-0.4, -0.2) is 27.8 Å². The summed E-state index contributed by atoms with van der Waals surface area (Å²) in [5, 5.41) is 3.31. The Morgan fingerprint density at radius 3 is 2.44 bits per heavy atom. The van der Waals surface area contributed by atoms with Crippen molar-refractivity contribution >= 4 is 10.0 Å². The van der Waals surface area contributed by atoms with E-state index < -0.39 is 10.0 Å². The maximum Gasteiger partial charge on any atom is 0.212 e. The number of nitrogens with one attached hydrogen (secondary N) is 2. The molecule has 5 heteroatoms. The van der Waals surface area contributed by atoms with Gasteiger partial charge in [0.2, 0.25) is 10.0 Å². The molecule has 0 aromatic heterocycles. The third-order valence-corrected chi connectivity index (χ3v) is 4.22. The molecule has 0 aliphatic carbocycles. The zero-order valence-corrected chi connectivity index (χ0v) is 11.8. The van der Waals surface area contributed by atoms with Gasteiger partial charge in [0.05, 0.1) is 5.75 Å². The third-order valence-electron chi connectivity index (χ3n) is 2.85. The normalized spacial score (nSPS) is 13.4. The Morgan fingerprint density at radius 2 is 1.89 bits per heavy atom. The summed E-state index contributed by atoms with van der Waals surface area (Å²) in [6, 6.07) is 10.4. The summed E-state index contributed by atoms with van der Waals surface area (Å²) in [6.07, 6.45) is 2.06. The van der Waals surface area contributed by atoms with Crippen LogP contribution in [0, 0.1) is 0 Å². The van der Waals surface area contributed by atoms with Crippen molar-refractivity contribution in [2.24, 2.45) is 0 Å². The molecule has 0 bridgehead atoms. The number of hydrogen-bond donors (Lipinski definition) is 2. The molecule has 102 valence electrons. The number of rotatable bonds is 8. The Kier molecular flexibility index (Phi) is 6.32. The maximum absolute atomic E-state index is 11.3. The molecule has 0 aliphatic heterocycles. The first-order chi connectivity index (χ1) is 8.59. The van der Waals surface area contributed by atoms with E-state index in [1.807, 2.05) is 18.2 Å². The van der Waals surface area contributed by atoms with Crippen LogP contribution >= 0.6 is 0 Å². The van der Waals surface area contributed by atoms with Gasteiger partial charge in [0.15, 0.2) is 0 Å². The standard InChI is InChI=1S/C13H22N2O2S/c1-3-7-13(12-8-5-4-6-9-12)15-10-11-18(16,17)14-2/h4-6,8-9,13-15H,3,7,10-11H2,1-2H3. The molecule has 0 saturated carbocycles. The number of benzene rings is 1. The molecular formula is C13H22N2O2S. The van der Waals surface area contributed by atoms with E-state index in [9.17, 15) is 8.42 Å². The van der Waals surface area contributed by atoms with Crippen LogP contribution in [0.1, 0.15) is 31.4 Å². The van der Waals surface area contributed by atoms with Gasteiger partial charge >= 0.3 is 0 Å². The Morgan fingerprint density at radius 1 is 1.22 bits per heavy atom. The highest BCUT2D eigenvalue weighted by Crippen LogP contribution is 2.17. The van der Waals surface area contributed by atoms with Crippen molar-refractivity contribution in [3.05, 3.63) is 35.9 Å². The first-order valence-corrected chi connectivity index (χ1v) is 7.94. The van der Waals surface area contributed by atoms with Crippen LogP contribution in [0.15, 0.2) is 30.3 Å². The molecule has 0 radical (unpaired) electrons. The molecule has 1 atom stereocenters. The molecule has 0 fully saturated rings. The van der Waals surface area contributed by atoms with Gasteiger partial charge in [0.1, 0.15) is 0 Å². The minimum Gasteiger partial charge on any atom is -0.309 e. The molecular weight excluding hydrogens is 248 g/mol. The van der Waals surface area contributed by atoms with Gasteiger partial charge in [0.25, 0.3) is 0 Å². The summed E-state index contributed by atoms with van der Waals surface area (Å²) in [4.78, 5) is 0. The zero-order chi connectivity index (χ0) is 13.4. The fourth-order valence-corrected chi connectivity index (χ4v) is 2.42. The van der Waals surface area contributed by atoms with Crippen molar-refractivity contribution in [2.45, 2.75) is 25.8 Å². The molecule has 1 unspecified atom stereocenters. The van der Waals surface area contributed by atoms with Crippen molar-refractivity contribution in [1.29, 1.82) is 0 Å². The molecule has 4 nitrogen and oxygen atoms in total. The summed E-state index contributed by atoms with van der Waals surface area (Å²) < 4.78 is 25.0. The SMILES string of the molecule is CCCC(NCCS(=O)(=O)NC)c1ccccc1. The van der Waals surface area contributed by atoms with Gasteiger partial charge < -0.3 is 5.32 Å². The summed E-state index contributed by atoms with van der Waals surface area (Å²) in [5.41, 5.74) is 1.21. The summed E-state index contributed by atoms with van der Waals surface area (Å²) in [6.45, 7) is 2.59. The lowest BCUT2D eigenvalue weighted by Crippen LogP contribution is -2.31. The maximum atomic E-state index is 11.3. The van der Waals surface area contributed by atoms with Crippen molar-refractivity contribution in [1.82, 2.24) is 10.0 Å². The van der Waals surface area contributed by atoms with Gasteiger partial charge in [-0.2, -0.15) is 0 Å². The molecule has 1 rings (SSSR count). The van der Waals surface area contributed by atoms with Crippen molar-refractivity contribution in [3.8, 4) is 0 Å². The van der Waals surface area contributed by atoms with E-state index in [2.05, 4.69) is 29.1 Å². The summed E-state index contributed by atoms with van der Waals surface area (Å²) >= 11 is 0. The average molecular weight is 270 g/mol. The molecule has 2 N–H and O–H groups in total. The van der Waals surface area contributed by atoms with E-state index in [1.165, 1.54) is 12.6 Å². The number of hydrogen-bond acceptors (Lipinski definition) is 3. The fourth-order valence-electron chi connectivity index (χ4n) is 1.83. The lowest BCUT2D eigenvalue weighted by Gasteiger charge is -2.18. The lowest BCUT2D eigenvalue weighted by molar-refractivity contribution is 0.505. The topological polar surface area (TPSA) is 58.2 Å². The first-order valence-electron chi connectivity index (χ1n) is 6.28. The highest BCUT2D eigenvalue weighted by molar-refractivity contribution is 7.89. The van der Waals surface area contributed by atoms with Crippen molar-refractivity contribution < 1.29 is 8.42 Å². The Balaban J connectivity index is 2.54. The van der Waals surface area contributed by atoms with E-state index in [1.54, 1.807) is 0 Å². The van der Waals surface area contributed by atoms with Gasteiger partial charge in [-0.25, -0.2) is 13.1 Å². The zero-order valence-electron chi connectivity index (χ0n) is 11.0. The molecule has 0 spiro atoms. The minimum atomic E-state index is -3.12. The summed E-state index contributed by atoms with van der Waals surface area (Å²) in [7, 11) is -1.68. The van der Waals surface area contributed by atoms with E-state index in [-0.39, 0.29) is 11.8 Å². The smallest absolute Gasteiger partial charge is 0.212 e. The Labute approximate surface area is 110 Å². The van der Waals surface area contributed by atoms with Gasteiger partial charge in [-0.15, -0.1) is 0 Å². The molecule has 0 amide bonds. The molecule has 1 aromatic carbocycles. The van der Waals surface area contributed by atoms with Crippen LogP contribution in [-0.2, 0) is 10.0 Å². The Bertz CT molecular complexity index is 432. The van der Waals surface area contributed by atoms with E-state index >= 15 is 0 Å². The second-order valence-corrected chi connectivity index (χ2v) is 6.28. The van der Waals surface area contributed by atoms with Crippen LogP contribution in [0.3, 0.4) is 0 Å². The molecule has 1 aromatic rings.